The molecule has 36 heavy (non-hydrogen) atoms. The maximum Gasteiger partial charge on any atom is 0.368 e. The van der Waals surface area contributed by atoms with Gasteiger partial charge in [-0.15, -0.1) is 0 Å². The summed E-state index contributed by atoms with van der Waals surface area (Å²) in [6.45, 7) is 6.35. The number of carbonyl (C=O) groups excluding carboxylic acids is 1. The maximum absolute atomic E-state index is 13.6. The number of carbonyl (C=O) groups is 1. The molecule has 4 aliphatic rings. The minimum atomic E-state index is -0.485. The zero-order chi connectivity index (χ0) is 25.2. The van der Waals surface area contributed by atoms with Gasteiger partial charge in [0, 0.05) is 5.92 Å². The van der Waals surface area contributed by atoms with Crippen molar-refractivity contribution >= 4 is 5.78 Å². The van der Waals surface area contributed by atoms with Crippen LogP contribution in [0.5, 0.6) is 0 Å². The molecule has 8 atom stereocenters. The number of aromatic nitrogens is 4. The summed E-state index contributed by atoms with van der Waals surface area (Å²) in [6.07, 6.45) is 9.86. The molecule has 0 unspecified atom stereocenters. The van der Waals surface area contributed by atoms with Crippen molar-refractivity contribution in [2.75, 3.05) is 0 Å². The third kappa shape index (κ3) is 3.89. The minimum absolute atomic E-state index is 0.00546. The van der Waals surface area contributed by atoms with Gasteiger partial charge in [0.1, 0.15) is 6.54 Å². The fraction of sp³-hybridized carbons (Fsp3) is 0.724. The molecule has 4 fully saturated rings. The predicted octanol–water partition coefficient (Wildman–Crippen LogP) is 4.33. The molecule has 0 aliphatic heterocycles. The molecule has 1 heterocycles. The van der Waals surface area contributed by atoms with Crippen LogP contribution >= 0.6 is 0 Å². The second kappa shape index (κ2) is 8.64. The summed E-state index contributed by atoms with van der Waals surface area (Å²) >= 11 is 0. The number of aryl methyl sites for hydroxylation is 1. The van der Waals surface area contributed by atoms with Gasteiger partial charge < -0.3 is 5.11 Å². The summed E-state index contributed by atoms with van der Waals surface area (Å²) in [5.74, 6) is 3.59. The first kappa shape index (κ1) is 24.1. The molecule has 0 radical (unpaired) electrons. The van der Waals surface area contributed by atoms with E-state index < -0.39 is 5.60 Å². The van der Waals surface area contributed by atoms with Crippen molar-refractivity contribution in [3.63, 3.8) is 0 Å². The van der Waals surface area contributed by atoms with Gasteiger partial charge in [-0.05, 0) is 135 Å². The Kier molecular flexibility index (Phi) is 5.78. The highest BCUT2D eigenvalue weighted by Crippen LogP contribution is 2.64. The first-order valence-corrected chi connectivity index (χ1v) is 14.0. The second-order valence-corrected chi connectivity index (χ2v) is 13.0. The smallest absolute Gasteiger partial charge is 0.368 e. The number of fused-ring (bicyclic) bond motifs is 5. The van der Waals surface area contributed by atoms with Gasteiger partial charge in [0.25, 0.3) is 0 Å². The summed E-state index contributed by atoms with van der Waals surface area (Å²) in [6, 6.07) is 7.59. The molecule has 1 aromatic heterocycles. The fourth-order valence-corrected chi connectivity index (χ4v) is 9.16. The van der Waals surface area contributed by atoms with Gasteiger partial charge in [-0.1, -0.05) is 19.1 Å². The Morgan fingerprint density at radius 3 is 2.64 bits per heavy atom. The van der Waals surface area contributed by atoms with Gasteiger partial charge in [0.05, 0.1) is 11.3 Å². The van der Waals surface area contributed by atoms with Crippen LogP contribution in [0.25, 0.3) is 5.69 Å². The lowest BCUT2D eigenvalue weighted by Gasteiger charge is -2.56. The van der Waals surface area contributed by atoms with Gasteiger partial charge >= 0.3 is 5.69 Å². The van der Waals surface area contributed by atoms with Crippen molar-refractivity contribution < 1.29 is 9.90 Å². The molecule has 194 valence electrons. The largest absolute Gasteiger partial charge is 0.390 e. The van der Waals surface area contributed by atoms with E-state index in [1.165, 1.54) is 28.6 Å². The Hall–Kier alpha value is -2.28. The molecule has 4 aliphatic carbocycles. The SMILES string of the molecule is Cc1cccc(-n2nnn(CC(=O)[C@H]3CC[C@H]4[C@@H]5CC[C@@H]6C[C@](C)(O)CC[C@@H]6[C@H]5CC[C@]34C)c2=O)c1. The number of ketones is 1. The average Bonchev–Trinajstić information content (AvgIpc) is 3.37. The summed E-state index contributed by atoms with van der Waals surface area (Å²) in [5.41, 5.74) is 0.884. The van der Waals surface area contributed by atoms with Crippen LogP contribution in [0.4, 0.5) is 0 Å². The molecule has 0 amide bonds. The van der Waals surface area contributed by atoms with E-state index in [4.69, 9.17) is 0 Å². The molecule has 1 N–H and O–H groups in total. The first-order valence-electron chi connectivity index (χ1n) is 14.0. The molecule has 6 rings (SSSR count). The summed E-state index contributed by atoms with van der Waals surface area (Å²) in [7, 11) is 0. The normalized spacial score (nSPS) is 39.8. The summed E-state index contributed by atoms with van der Waals surface area (Å²) in [5, 5.41) is 18.8. The van der Waals surface area contributed by atoms with Gasteiger partial charge in [-0.25, -0.2) is 4.79 Å². The van der Waals surface area contributed by atoms with Crippen LogP contribution in [0, 0.1) is 47.8 Å². The molecule has 0 bridgehead atoms. The molecule has 2 aromatic rings. The highest BCUT2D eigenvalue weighted by molar-refractivity contribution is 5.82. The Labute approximate surface area is 213 Å². The molecule has 0 saturated heterocycles. The van der Waals surface area contributed by atoms with E-state index in [0.717, 1.165) is 55.9 Å². The monoisotopic (exact) mass is 492 g/mol. The highest BCUT2D eigenvalue weighted by Gasteiger charge is 2.58. The number of Topliss-reactive ketones (excluding diaryl/α,β-unsaturated/α-hetero) is 1. The van der Waals surface area contributed by atoms with Crippen molar-refractivity contribution in [3.8, 4) is 5.69 Å². The van der Waals surface area contributed by atoms with Gasteiger partial charge in [-0.2, -0.15) is 9.36 Å². The number of nitrogens with zero attached hydrogens (tertiary/aromatic N) is 4. The van der Waals surface area contributed by atoms with E-state index in [9.17, 15) is 14.7 Å². The molecule has 7 nitrogen and oxygen atoms in total. The number of rotatable bonds is 4. The quantitative estimate of drug-likeness (QED) is 0.686. The van der Waals surface area contributed by atoms with E-state index in [1.807, 2.05) is 38.1 Å². The number of aliphatic hydroxyl groups is 1. The van der Waals surface area contributed by atoms with Crippen LogP contribution in [0.2, 0.25) is 0 Å². The van der Waals surface area contributed by atoms with E-state index in [-0.39, 0.29) is 29.4 Å². The minimum Gasteiger partial charge on any atom is -0.390 e. The third-order valence-corrected chi connectivity index (χ3v) is 10.8. The number of hydrogen-bond donors (Lipinski definition) is 1. The van der Waals surface area contributed by atoms with Gasteiger partial charge in [0.15, 0.2) is 5.78 Å². The Morgan fingerprint density at radius 2 is 1.83 bits per heavy atom. The number of benzene rings is 1. The summed E-state index contributed by atoms with van der Waals surface area (Å²) in [4.78, 5) is 26.6. The molecule has 0 spiro atoms. The topological polar surface area (TPSA) is 90.0 Å². The van der Waals surface area contributed by atoms with E-state index in [2.05, 4.69) is 17.4 Å². The Balaban J connectivity index is 1.17. The molecular formula is C29H40N4O3. The number of hydrogen-bond acceptors (Lipinski definition) is 5. The van der Waals surface area contributed by atoms with Crippen molar-refractivity contribution in [1.29, 1.82) is 0 Å². The lowest BCUT2D eigenvalue weighted by molar-refractivity contribution is -0.133. The van der Waals surface area contributed by atoms with Crippen LogP contribution in [-0.4, -0.2) is 36.3 Å². The van der Waals surface area contributed by atoms with Crippen molar-refractivity contribution in [2.45, 2.75) is 90.7 Å². The standard InChI is InChI=1S/C29H40N4O3/c1-18-5-4-6-20(15-18)33-27(35)32(30-31-33)17-26(34)25-10-9-24-23-8-7-19-16-28(2,36)13-11-21(19)22(23)12-14-29(24,25)3/h4-6,15,19,21-25,36H,7-14,16-17H2,1-3H3/t19-,21+,22-,23-,24+,25-,28-,29+/m1/s1. The second-order valence-electron chi connectivity index (χ2n) is 13.0. The number of tetrazole rings is 1. The maximum atomic E-state index is 13.6. The van der Waals surface area contributed by atoms with Crippen LogP contribution < -0.4 is 5.69 Å². The zero-order valence-corrected chi connectivity index (χ0v) is 21.9. The van der Waals surface area contributed by atoms with Gasteiger partial charge in [0.2, 0.25) is 0 Å². The summed E-state index contributed by atoms with van der Waals surface area (Å²) < 4.78 is 2.52. The van der Waals surface area contributed by atoms with E-state index >= 15 is 0 Å². The lowest BCUT2D eigenvalue weighted by Crippen LogP contribution is -2.51. The molecule has 4 saturated carbocycles. The van der Waals surface area contributed by atoms with Crippen LogP contribution in [-0.2, 0) is 11.3 Å². The zero-order valence-electron chi connectivity index (χ0n) is 21.9. The lowest BCUT2D eigenvalue weighted by atomic mass is 9.49. The van der Waals surface area contributed by atoms with Crippen LogP contribution in [0.3, 0.4) is 0 Å². The first-order chi connectivity index (χ1) is 17.2. The van der Waals surface area contributed by atoms with Crippen LogP contribution in [0.1, 0.15) is 77.2 Å². The van der Waals surface area contributed by atoms with E-state index in [1.54, 1.807) is 0 Å². The fourth-order valence-electron chi connectivity index (χ4n) is 9.16. The van der Waals surface area contributed by atoms with Crippen molar-refractivity contribution in [1.82, 2.24) is 19.8 Å². The molecule has 1 aromatic carbocycles. The predicted molar refractivity (Wildman–Crippen MR) is 137 cm³/mol. The molecular weight excluding hydrogens is 452 g/mol. The third-order valence-electron chi connectivity index (χ3n) is 10.8. The Morgan fingerprint density at radius 1 is 1.03 bits per heavy atom. The average molecular weight is 493 g/mol. The van der Waals surface area contributed by atoms with Gasteiger partial charge in [-0.3, -0.25) is 4.79 Å². The van der Waals surface area contributed by atoms with Crippen molar-refractivity contribution in [2.24, 2.45) is 40.9 Å². The van der Waals surface area contributed by atoms with E-state index in [0.29, 0.717) is 23.4 Å². The highest BCUT2D eigenvalue weighted by atomic mass is 16.3. The van der Waals surface area contributed by atoms with Crippen molar-refractivity contribution in [3.05, 3.63) is 40.3 Å². The molecule has 7 heteroatoms. The van der Waals surface area contributed by atoms with Crippen LogP contribution in [0.15, 0.2) is 29.1 Å². The Bertz CT molecular complexity index is 1220.